The van der Waals surface area contributed by atoms with Gasteiger partial charge in [-0.1, -0.05) is 12.1 Å². The van der Waals surface area contributed by atoms with Crippen LogP contribution in [0.25, 0.3) is 0 Å². The molecule has 0 aliphatic carbocycles. The second-order valence-corrected chi connectivity index (χ2v) is 3.37. The zero-order valence-electron chi connectivity index (χ0n) is 8.99. The summed E-state index contributed by atoms with van der Waals surface area (Å²) in [6.45, 7) is 0. The number of furan rings is 1. The molecule has 2 rings (SSSR count). The molecule has 2 aromatic rings. The second kappa shape index (κ2) is 4.58. The van der Waals surface area contributed by atoms with Crippen LogP contribution in [0.15, 0.2) is 40.8 Å². The second-order valence-electron chi connectivity index (χ2n) is 3.37. The molecular weight excluding hydrogens is 240 g/mol. The van der Waals surface area contributed by atoms with E-state index in [0.29, 0.717) is 0 Å². The van der Waals surface area contributed by atoms with Gasteiger partial charge in [-0.05, 0) is 18.2 Å². The first-order valence-electron chi connectivity index (χ1n) is 4.91. The van der Waals surface area contributed by atoms with Crippen LogP contribution in [-0.4, -0.2) is 15.9 Å². The standard InChI is InChI=1S/C11H8N2O5/c14-8-4-2-1-3-7(8)12-11(15)9-5-6-10(18-9)13(16)17/h1-6,14H,(H,12,15). The summed E-state index contributed by atoms with van der Waals surface area (Å²) in [6.07, 6.45) is 0. The van der Waals surface area contributed by atoms with Crippen molar-refractivity contribution in [2.24, 2.45) is 0 Å². The molecule has 0 spiro atoms. The van der Waals surface area contributed by atoms with Crippen molar-refractivity contribution in [3.05, 3.63) is 52.3 Å². The van der Waals surface area contributed by atoms with Crippen LogP contribution in [0.2, 0.25) is 0 Å². The lowest BCUT2D eigenvalue weighted by molar-refractivity contribution is -0.402. The number of rotatable bonds is 3. The Bertz CT molecular complexity index is 605. The van der Waals surface area contributed by atoms with Crippen molar-refractivity contribution in [3.8, 4) is 5.75 Å². The predicted octanol–water partition coefficient (Wildman–Crippen LogP) is 2.15. The Morgan fingerprint density at radius 3 is 2.61 bits per heavy atom. The Balaban J connectivity index is 2.17. The number of phenolic OH excluding ortho intramolecular Hbond substituents is 1. The third-order valence-electron chi connectivity index (χ3n) is 2.15. The van der Waals surface area contributed by atoms with E-state index in [2.05, 4.69) is 5.32 Å². The first-order valence-corrected chi connectivity index (χ1v) is 4.91. The summed E-state index contributed by atoms with van der Waals surface area (Å²) in [5, 5.41) is 22.2. The van der Waals surface area contributed by atoms with Gasteiger partial charge >= 0.3 is 5.88 Å². The normalized spacial score (nSPS) is 10.0. The molecule has 18 heavy (non-hydrogen) atoms. The number of carbonyl (C=O) groups is 1. The number of benzene rings is 1. The number of aromatic hydroxyl groups is 1. The minimum Gasteiger partial charge on any atom is -0.506 e. The first kappa shape index (κ1) is 11.6. The number of hydrogen-bond acceptors (Lipinski definition) is 5. The quantitative estimate of drug-likeness (QED) is 0.491. The Hall–Kier alpha value is -2.83. The molecule has 0 aliphatic rings. The number of carbonyl (C=O) groups excluding carboxylic acids is 1. The van der Waals surface area contributed by atoms with E-state index in [4.69, 9.17) is 4.42 Å². The van der Waals surface area contributed by atoms with Crippen LogP contribution in [0.4, 0.5) is 11.6 Å². The van der Waals surface area contributed by atoms with Gasteiger partial charge in [-0.3, -0.25) is 14.9 Å². The number of para-hydroxylation sites is 2. The number of amides is 1. The first-order chi connectivity index (χ1) is 8.58. The summed E-state index contributed by atoms with van der Waals surface area (Å²) < 4.78 is 4.73. The molecule has 0 fully saturated rings. The van der Waals surface area contributed by atoms with Crippen LogP contribution >= 0.6 is 0 Å². The van der Waals surface area contributed by atoms with E-state index in [1.807, 2.05) is 0 Å². The number of nitrogens with one attached hydrogen (secondary N) is 1. The number of phenols is 1. The van der Waals surface area contributed by atoms with Crippen molar-refractivity contribution < 1.29 is 19.2 Å². The Kier molecular flexibility index (Phi) is 2.96. The van der Waals surface area contributed by atoms with Crippen molar-refractivity contribution in [3.63, 3.8) is 0 Å². The highest BCUT2D eigenvalue weighted by Gasteiger charge is 2.17. The van der Waals surface area contributed by atoms with Gasteiger partial charge in [0.1, 0.15) is 10.7 Å². The maximum Gasteiger partial charge on any atom is 0.433 e. The van der Waals surface area contributed by atoms with Gasteiger partial charge < -0.3 is 14.8 Å². The van der Waals surface area contributed by atoms with Crippen molar-refractivity contribution in [2.45, 2.75) is 0 Å². The number of nitrogens with zero attached hydrogens (tertiary/aromatic N) is 1. The lowest BCUT2D eigenvalue weighted by atomic mass is 10.3. The van der Waals surface area contributed by atoms with E-state index in [1.54, 1.807) is 12.1 Å². The smallest absolute Gasteiger partial charge is 0.433 e. The highest BCUT2D eigenvalue weighted by atomic mass is 16.6. The van der Waals surface area contributed by atoms with Gasteiger partial charge in [-0.2, -0.15) is 0 Å². The molecule has 92 valence electrons. The average Bonchev–Trinajstić information content (AvgIpc) is 2.81. The van der Waals surface area contributed by atoms with Gasteiger partial charge in [-0.25, -0.2) is 0 Å². The minimum atomic E-state index is -0.739. The molecule has 1 amide bonds. The SMILES string of the molecule is O=C(Nc1ccccc1O)c1ccc([N+](=O)[O-])o1. The molecule has 7 heteroatoms. The van der Waals surface area contributed by atoms with E-state index in [-0.39, 0.29) is 17.2 Å². The van der Waals surface area contributed by atoms with Crippen LogP contribution in [-0.2, 0) is 0 Å². The summed E-state index contributed by atoms with van der Waals surface area (Å²) in [6, 6.07) is 8.39. The molecule has 0 unspecified atom stereocenters. The zero-order chi connectivity index (χ0) is 13.1. The van der Waals surface area contributed by atoms with E-state index in [0.717, 1.165) is 6.07 Å². The van der Waals surface area contributed by atoms with Gasteiger partial charge in [-0.15, -0.1) is 0 Å². The zero-order valence-corrected chi connectivity index (χ0v) is 8.99. The third kappa shape index (κ3) is 2.29. The molecule has 0 saturated heterocycles. The molecule has 7 nitrogen and oxygen atoms in total. The molecule has 2 N–H and O–H groups in total. The number of hydrogen-bond donors (Lipinski definition) is 2. The fraction of sp³-hybridized carbons (Fsp3) is 0. The molecule has 1 heterocycles. The molecular formula is C11H8N2O5. The minimum absolute atomic E-state index is 0.105. The lowest BCUT2D eigenvalue weighted by Gasteiger charge is -2.04. The largest absolute Gasteiger partial charge is 0.506 e. The Labute approximate surface area is 101 Å². The van der Waals surface area contributed by atoms with Gasteiger partial charge in [0.05, 0.1) is 11.8 Å². The molecule has 1 aromatic heterocycles. The van der Waals surface area contributed by atoms with Crippen LogP contribution in [0, 0.1) is 10.1 Å². The maximum absolute atomic E-state index is 11.7. The van der Waals surface area contributed by atoms with Crippen LogP contribution < -0.4 is 5.32 Å². The molecule has 0 radical (unpaired) electrons. The maximum atomic E-state index is 11.7. The van der Waals surface area contributed by atoms with Crippen LogP contribution in [0.3, 0.4) is 0 Å². The van der Waals surface area contributed by atoms with Crippen molar-refractivity contribution in [1.82, 2.24) is 0 Å². The predicted molar refractivity (Wildman–Crippen MR) is 61.4 cm³/mol. The van der Waals surface area contributed by atoms with E-state index in [1.165, 1.54) is 18.2 Å². The molecule has 0 atom stereocenters. The Morgan fingerprint density at radius 1 is 1.28 bits per heavy atom. The van der Waals surface area contributed by atoms with Crippen LogP contribution in [0.5, 0.6) is 5.75 Å². The molecule has 0 saturated carbocycles. The Morgan fingerprint density at radius 2 is 2.00 bits per heavy atom. The number of anilines is 1. The summed E-state index contributed by atoms with van der Waals surface area (Å²) >= 11 is 0. The third-order valence-corrected chi connectivity index (χ3v) is 2.15. The van der Waals surface area contributed by atoms with Gasteiger partial charge in [0.15, 0.2) is 5.76 Å². The molecule has 0 aliphatic heterocycles. The summed E-state index contributed by atoms with van der Waals surface area (Å²) in [5.74, 6) is -1.50. The topological polar surface area (TPSA) is 106 Å². The fourth-order valence-corrected chi connectivity index (χ4v) is 1.31. The van der Waals surface area contributed by atoms with Crippen molar-refractivity contribution >= 4 is 17.5 Å². The van der Waals surface area contributed by atoms with Gasteiger partial charge in [0, 0.05) is 0 Å². The van der Waals surface area contributed by atoms with E-state index in [9.17, 15) is 20.0 Å². The average molecular weight is 248 g/mol. The summed E-state index contributed by atoms with van der Waals surface area (Å²) in [7, 11) is 0. The van der Waals surface area contributed by atoms with Crippen LogP contribution in [0.1, 0.15) is 10.6 Å². The highest BCUT2D eigenvalue weighted by molar-refractivity contribution is 6.03. The van der Waals surface area contributed by atoms with Crippen molar-refractivity contribution in [2.75, 3.05) is 5.32 Å². The lowest BCUT2D eigenvalue weighted by Crippen LogP contribution is -2.10. The monoisotopic (exact) mass is 248 g/mol. The summed E-state index contributed by atoms with van der Waals surface area (Å²) in [4.78, 5) is 21.3. The fourth-order valence-electron chi connectivity index (χ4n) is 1.31. The van der Waals surface area contributed by atoms with Crippen molar-refractivity contribution in [1.29, 1.82) is 0 Å². The summed E-state index contributed by atoms with van der Waals surface area (Å²) in [5.41, 5.74) is 0.196. The number of nitro groups is 1. The highest BCUT2D eigenvalue weighted by Crippen LogP contribution is 2.23. The molecule has 0 bridgehead atoms. The molecule has 1 aromatic carbocycles. The van der Waals surface area contributed by atoms with Gasteiger partial charge in [0.2, 0.25) is 0 Å². The van der Waals surface area contributed by atoms with E-state index >= 15 is 0 Å². The van der Waals surface area contributed by atoms with E-state index < -0.39 is 16.7 Å². The van der Waals surface area contributed by atoms with Gasteiger partial charge in [0.25, 0.3) is 5.91 Å².